The Morgan fingerprint density at radius 1 is 0.946 bits per heavy atom. The van der Waals surface area contributed by atoms with Crippen LogP contribution < -0.4 is 21.5 Å². The highest BCUT2D eigenvalue weighted by Crippen LogP contribution is 2.47. The number of hydrogen-bond acceptors (Lipinski definition) is 5. The molecule has 0 amide bonds. The first-order valence-electron chi connectivity index (χ1n) is 12.8. The predicted octanol–water partition coefficient (Wildman–Crippen LogP) is 4.31. The number of nitrogens with zero attached hydrogens (tertiary/aromatic N) is 3. The molecule has 0 fully saturated rings. The fourth-order valence-corrected chi connectivity index (χ4v) is 5.75. The van der Waals surface area contributed by atoms with Gasteiger partial charge in [-0.15, -0.1) is 0 Å². The van der Waals surface area contributed by atoms with Gasteiger partial charge in [0.15, 0.2) is 5.78 Å². The standard InChI is InChI=1S/C30H34N4O3/c1-6-34(18-19-10-8-7-9-11-19)21-14-12-20(13-15-21)24-25-22(16-30(2,3)17-23(25)35)31-27-26(24)28(36)33(5)29(37)32(27)4/h7-15,24,31H,6,16-18H2,1-5H3/t24-/m1/s1. The summed E-state index contributed by atoms with van der Waals surface area (Å²) in [6.45, 7) is 7.91. The second-order valence-electron chi connectivity index (χ2n) is 11.0. The number of benzene rings is 2. The first-order valence-corrected chi connectivity index (χ1v) is 12.8. The van der Waals surface area contributed by atoms with Crippen LogP contribution in [0.3, 0.4) is 0 Å². The van der Waals surface area contributed by atoms with Gasteiger partial charge in [0.1, 0.15) is 5.82 Å². The quantitative estimate of drug-likeness (QED) is 0.567. The Morgan fingerprint density at radius 3 is 2.27 bits per heavy atom. The van der Waals surface area contributed by atoms with Crippen molar-refractivity contribution in [3.05, 3.63) is 103 Å². The summed E-state index contributed by atoms with van der Waals surface area (Å²) < 4.78 is 2.61. The van der Waals surface area contributed by atoms with Gasteiger partial charge in [-0.25, -0.2) is 4.79 Å². The number of aromatic nitrogens is 2. The molecule has 0 radical (unpaired) electrons. The molecular formula is C30H34N4O3. The van der Waals surface area contributed by atoms with Crippen molar-refractivity contribution < 1.29 is 4.79 Å². The van der Waals surface area contributed by atoms with Gasteiger partial charge in [-0.1, -0.05) is 56.3 Å². The molecule has 1 aliphatic carbocycles. The van der Waals surface area contributed by atoms with E-state index in [9.17, 15) is 14.4 Å². The zero-order chi connectivity index (χ0) is 26.5. The number of carbonyl (C=O) groups is 1. The van der Waals surface area contributed by atoms with E-state index in [1.165, 1.54) is 17.2 Å². The molecule has 2 aromatic carbocycles. The highest BCUT2D eigenvalue weighted by molar-refractivity contribution is 6.01. The number of Topliss-reactive ketones (excluding diaryl/α,β-unsaturated/α-hetero) is 1. The van der Waals surface area contributed by atoms with E-state index in [2.05, 4.69) is 55.3 Å². The van der Waals surface area contributed by atoms with E-state index in [1.54, 1.807) is 7.05 Å². The van der Waals surface area contributed by atoms with Crippen molar-refractivity contribution in [2.45, 2.75) is 46.1 Å². The van der Waals surface area contributed by atoms with Crippen LogP contribution in [0.15, 0.2) is 75.5 Å². The normalized spacial score (nSPS) is 18.2. The Labute approximate surface area is 217 Å². The Morgan fingerprint density at radius 2 is 1.62 bits per heavy atom. The number of ketones is 1. The summed E-state index contributed by atoms with van der Waals surface area (Å²) in [6, 6.07) is 18.5. The number of rotatable bonds is 5. The lowest BCUT2D eigenvalue weighted by atomic mass is 9.69. The average Bonchev–Trinajstić information content (AvgIpc) is 2.88. The number of nitrogens with one attached hydrogen (secondary N) is 1. The van der Waals surface area contributed by atoms with E-state index in [0.717, 1.165) is 34.6 Å². The van der Waals surface area contributed by atoms with Gasteiger partial charge in [-0.2, -0.15) is 0 Å². The molecule has 0 spiro atoms. The van der Waals surface area contributed by atoms with Crippen LogP contribution in [-0.2, 0) is 25.4 Å². The highest BCUT2D eigenvalue weighted by atomic mass is 16.2. The van der Waals surface area contributed by atoms with E-state index < -0.39 is 11.6 Å². The SMILES string of the molecule is CCN(Cc1ccccc1)c1ccc([C@@H]2C3=C(CC(C)(C)CC3=O)Nc3c2c(=O)n(C)c(=O)n3C)cc1. The highest BCUT2D eigenvalue weighted by Gasteiger charge is 2.42. The second-order valence-corrected chi connectivity index (χ2v) is 11.0. The van der Waals surface area contributed by atoms with Gasteiger partial charge < -0.3 is 10.2 Å². The Kier molecular flexibility index (Phi) is 6.18. The number of carbonyl (C=O) groups excluding carboxylic acids is 1. The van der Waals surface area contributed by atoms with Crippen LogP contribution in [-0.4, -0.2) is 21.5 Å². The third-order valence-electron chi connectivity index (χ3n) is 7.66. The Hall–Kier alpha value is -3.87. The van der Waals surface area contributed by atoms with Crippen molar-refractivity contribution >= 4 is 17.3 Å². The molecule has 37 heavy (non-hydrogen) atoms. The molecular weight excluding hydrogens is 464 g/mol. The van der Waals surface area contributed by atoms with Crippen LogP contribution >= 0.6 is 0 Å². The van der Waals surface area contributed by atoms with Crippen LogP contribution in [0.25, 0.3) is 0 Å². The van der Waals surface area contributed by atoms with Crippen LogP contribution in [0.1, 0.15) is 56.2 Å². The monoisotopic (exact) mass is 498 g/mol. The van der Waals surface area contributed by atoms with E-state index in [0.29, 0.717) is 29.8 Å². The van der Waals surface area contributed by atoms with Gasteiger partial charge in [0.05, 0.1) is 5.56 Å². The van der Waals surface area contributed by atoms with E-state index in [4.69, 9.17) is 0 Å². The molecule has 1 aromatic heterocycles. The number of allylic oxidation sites excluding steroid dienone is 2. The molecule has 0 unspecified atom stereocenters. The molecule has 3 aromatic rings. The lowest BCUT2D eigenvalue weighted by Crippen LogP contribution is -2.45. The Balaban J connectivity index is 1.62. The minimum atomic E-state index is -0.529. The predicted molar refractivity (Wildman–Crippen MR) is 147 cm³/mol. The first-order chi connectivity index (χ1) is 17.6. The van der Waals surface area contributed by atoms with Crippen molar-refractivity contribution in [3.63, 3.8) is 0 Å². The third kappa shape index (κ3) is 4.32. The van der Waals surface area contributed by atoms with Crippen molar-refractivity contribution in [3.8, 4) is 0 Å². The lowest BCUT2D eigenvalue weighted by Gasteiger charge is -2.39. The van der Waals surface area contributed by atoms with Gasteiger partial charge in [0, 0.05) is 56.5 Å². The zero-order valence-corrected chi connectivity index (χ0v) is 22.2. The summed E-state index contributed by atoms with van der Waals surface area (Å²) in [6.07, 6.45) is 1.09. The summed E-state index contributed by atoms with van der Waals surface area (Å²) in [5.41, 5.74) is 4.11. The molecule has 0 saturated carbocycles. The third-order valence-corrected chi connectivity index (χ3v) is 7.66. The maximum Gasteiger partial charge on any atom is 0.332 e. The molecule has 7 nitrogen and oxygen atoms in total. The number of fused-ring (bicyclic) bond motifs is 1. The van der Waals surface area contributed by atoms with Crippen LogP contribution in [0, 0.1) is 5.41 Å². The largest absolute Gasteiger partial charge is 0.367 e. The van der Waals surface area contributed by atoms with Crippen LogP contribution in [0.2, 0.25) is 0 Å². The van der Waals surface area contributed by atoms with Gasteiger partial charge in [0.25, 0.3) is 5.56 Å². The van der Waals surface area contributed by atoms with E-state index >= 15 is 0 Å². The fourth-order valence-electron chi connectivity index (χ4n) is 5.75. The molecule has 2 aliphatic rings. The first kappa shape index (κ1) is 24.8. The van der Waals surface area contributed by atoms with E-state index in [1.807, 2.05) is 30.3 Å². The molecule has 0 bridgehead atoms. The summed E-state index contributed by atoms with van der Waals surface area (Å²) >= 11 is 0. The summed E-state index contributed by atoms with van der Waals surface area (Å²) in [5.74, 6) is -0.00191. The van der Waals surface area contributed by atoms with Crippen molar-refractivity contribution in [2.24, 2.45) is 19.5 Å². The topological polar surface area (TPSA) is 76.3 Å². The average molecular weight is 499 g/mol. The number of anilines is 2. The van der Waals surface area contributed by atoms with Crippen LogP contribution in [0.4, 0.5) is 11.5 Å². The lowest BCUT2D eigenvalue weighted by molar-refractivity contribution is -0.118. The van der Waals surface area contributed by atoms with Crippen LogP contribution in [0.5, 0.6) is 0 Å². The van der Waals surface area contributed by atoms with Crippen molar-refractivity contribution in [1.82, 2.24) is 9.13 Å². The zero-order valence-electron chi connectivity index (χ0n) is 22.2. The molecule has 2 heterocycles. The van der Waals surface area contributed by atoms with E-state index in [-0.39, 0.29) is 16.8 Å². The second kappa shape index (κ2) is 9.21. The summed E-state index contributed by atoms with van der Waals surface area (Å²) in [4.78, 5) is 42.0. The van der Waals surface area contributed by atoms with Gasteiger partial charge >= 0.3 is 5.69 Å². The minimum Gasteiger partial charge on any atom is -0.367 e. The molecule has 1 aliphatic heterocycles. The summed E-state index contributed by atoms with van der Waals surface area (Å²) in [5, 5.41) is 3.33. The molecule has 1 N–H and O–H groups in total. The maximum atomic E-state index is 13.5. The smallest absolute Gasteiger partial charge is 0.332 e. The Bertz CT molecular complexity index is 1510. The molecule has 7 heteroatoms. The van der Waals surface area contributed by atoms with Gasteiger partial charge in [-0.3, -0.25) is 18.7 Å². The minimum absolute atomic E-state index is 0.0497. The molecule has 1 atom stereocenters. The molecule has 0 saturated heterocycles. The molecule has 192 valence electrons. The van der Waals surface area contributed by atoms with Crippen molar-refractivity contribution in [1.29, 1.82) is 0 Å². The number of hydrogen-bond donors (Lipinski definition) is 1. The van der Waals surface area contributed by atoms with Gasteiger partial charge in [-0.05, 0) is 42.0 Å². The maximum absolute atomic E-state index is 13.5. The van der Waals surface area contributed by atoms with Gasteiger partial charge in [0.2, 0.25) is 0 Å². The van der Waals surface area contributed by atoms with Crippen molar-refractivity contribution in [2.75, 3.05) is 16.8 Å². The molecule has 5 rings (SSSR count). The summed E-state index contributed by atoms with van der Waals surface area (Å²) in [7, 11) is 3.15. The fraction of sp³-hybridized carbons (Fsp3) is 0.367.